The van der Waals surface area contributed by atoms with Gasteiger partial charge in [-0.1, -0.05) is 24.3 Å². The second-order valence-corrected chi connectivity index (χ2v) is 7.17. The van der Waals surface area contributed by atoms with Crippen LogP contribution in [0.5, 0.6) is 0 Å². The fourth-order valence-electron chi connectivity index (χ4n) is 4.10. The molecule has 1 saturated carbocycles. The highest BCUT2D eigenvalue weighted by Gasteiger charge is 2.37. The number of rotatable bonds is 4. The summed E-state index contributed by atoms with van der Waals surface area (Å²) < 4.78 is 1.67. The van der Waals surface area contributed by atoms with Crippen molar-refractivity contribution in [2.75, 3.05) is 0 Å². The molecule has 1 N–H and O–H groups in total. The maximum Gasteiger partial charge on any atom is 0.262 e. The molecule has 0 bridgehead atoms. The van der Waals surface area contributed by atoms with E-state index < -0.39 is 0 Å². The number of benzene rings is 1. The lowest BCUT2D eigenvalue weighted by Crippen LogP contribution is -2.31. The van der Waals surface area contributed by atoms with E-state index in [-0.39, 0.29) is 5.56 Å². The first-order valence-corrected chi connectivity index (χ1v) is 8.95. The molecule has 5 rings (SSSR count). The Morgan fingerprint density at radius 2 is 2.12 bits per heavy atom. The first-order chi connectivity index (χ1) is 12.2. The Balaban J connectivity index is 1.51. The minimum atomic E-state index is -0.101. The van der Waals surface area contributed by atoms with Gasteiger partial charge in [-0.3, -0.25) is 14.4 Å². The number of H-pyrrole nitrogens is 1. The van der Waals surface area contributed by atoms with Gasteiger partial charge in [0.05, 0.1) is 12.7 Å². The van der Waals surface area contributed by atoms with Crippen molar-refractivity contribution in [3.8, 4) is 0 Å². The number of nitrogens with zero attached hydrogens (tertiary/aromatic N) is 4. The summed E-state index contributed by atoms with van der Waals surface area (Å²) in [6.45, 7) is 0.681. The molecule has 6 heteroatoms. The molecule has 1 unspecified atom stereocenters. The van der Waals surface area contributed by atoms with Gasteiger partial charge in [0.1, 0.15) is 11.2 Å². The molecule has 0 saturated heterocycles. The SMILES string of the molecule is Cn1ncc2c(=O)[nH]c(CN(C3CC3)C3CCc4ccccc43)nc21. The summed E-state index contributed by atoms with van der Waals surface area (Å²) >= 11 is 0. The van der Waals surface area contributed by atoms with Gasteiger partial charge < -0.3 is 4.98 Å². The van der Waals surface area contributed by atoms with E-state index in [1.54, 1.807) is 10.9 Å². The van der Waals surface area contributed by atoms with Crippen molar-refractivity contribution in [1.82, 2.24) is 24.6 Å². The van der Waals surface area contributed by atoms with Crippen molar-refractivity contribution in [2.45, 2.75) is 44.3 Å². The molecule has 0 spiro atoms. The molecule has 128 valence electrons. The summed E-state index contributed by atoms with van der Waals surface area (Å²) in [5, 5.41) is 4.70. The molecule has 3 aromatic rings. The van der Waals surface area contributed by atoms with Crippen molar-refractivity contribution < 1.29 is 0 Å². The van der Waals surface area contributed by atoms with E-state index in [0.29, 0.717) is 29.7 Å². The van der Waals surface area contributed by atoms with Gasteiger partial charge in [0, 0.05) is 19.1 Å². The molecule has 1 atom stereocenters. The van der Waals surface area contributed by atoms with Gasteiger partial charge in [-0.15, -0.1) is 0 Å². The molecule has 0 radical (unpaired) electrons. The summed E-state index contributed by atoms with van der Waals surface area (Å²) in [6.07, 6.45) is 6.33. The van der Waals surface area contributed by atoms with Crippen molar-refractivity contribution in [3.05, 3.63) is 57.8 Å². The van der Waals surface area contributed by atoms with E-state index in [9.17, 15) is 4.79 Å². The highest BCUT2D eigenvalue weighted by atomic mass is 16.1. The molecule has 0 aliphatic heterocycles. The lowest BCUT2D eigenvalue weighted by atomic mass is 10.1. The Bertz CT molecular complexity index is 1000. The number of hydrogen-bond donors (Lipinski definition) is 1. The molecule has 1 fully saturated rings. The van der Waals surface area contributed by atoms with Crippen LogP contribution in [-0.2, 0) is 20.0 Å². The number of fused-ring (bicyclic) bond motifs is 2. The average Bonchev–Trinajstić information content (AvgIpc) is 3.26. The molecule has 2 aliphatic rings. The Labute approximate surface area is 145 Å². The summed E-state index contributed by atoms with van der Waals surface area (Å²) in [5.41, 5.74) is 3.46. The number of aromatic nitrogens is 4. The van der Waals surface area contributed by atoms with Crippen LogP contribution in [-0.4, -0.2) is 30.7 Å². The van der Waals surface area contributed by atoms with E-state index in [1.807, 2.05) is 7.05 Å². The van der Waals surface area contributed by atoms with Crippen molar-refractivity contribution in [2.24, 2.45) is 7.05 Å². The van der Waals surface area contributed by atoms with Crippen LogP contribution in [0.4, 0.5) is 0 Å². The Kier molecular flexibility index (Phi) is 3.28. The highest BCUT2D eigenvalue weighted by molar-refractivity contribution is 5.72. The van der Waals surface area contributed by atoms with Gasteiger partial charge in [0.2, 0.25) is 0 Å². The van der Waals surface area contributed by atoms with Gasteiger partial charge in [0.15, 0.2) is 5.65 Å². The van der Waals surface area contributed by atoms with Crippen LogP contribution in [0.1, 0.15) is 42.3 Å². The van der Waals surface area contributed by atoms with Crippen LogP contribution in [0, 0.1) is 0 Å². The monoisotopic (exact) mass is 335 g/mol. The molecule has 2 heterocycles. The molecular formula is C19H21N5O. The number of hydrogen-bond acceptors (Lipinski definition) is 4. The van der Waals surface area contributed by atoms with Crippen molar-refractivity contribution >= 4 is 11.0 Å². The number of nitrogens with one attached hydrogen (secondary N) is 1. The summed E-state index contributed by atoms with van der Waals surface area (Å²) in [7, 11) is 1.82. The smallest absolute Gasteiger partial charge is 0.262 e. The second kappa shape index (κ2) is 5.52. The Morgan fingerprint density at radius 3 is 2.96 bits per heavy atom. The topological polar surface area (TPSA) is 66.8 Å². The fourth-order valence-corrected chi connectivity index (χ4v) is 4.10. The minimum Gasteiger partial charge on any atom is -0.309 e. The number of aromatic amines is 1. The Morgan fingerprint density at radius 1 is 1.28 bits per heavy atom. The normalized spacial score (nSPS) is 19.7. The standard InChI is InChI=1S/C19H21N5O/c1-23-18-15(10-20-23)19(25)22-17(21-18)11-24(13-7-8-13)16-9-6-12-4-2-3-5-14(12)16/h2-5,10,13,16H,6-9,11H2,1H3,(H,21,22,25). The van der Waals surface area contributed by atoms with Crippen LogP contribution < -0.4 is 5.56 Å². The summed E-state index contributed by atoms with van der Waals surface area (Å²) in [5.74, 6) is 0.734. The predicted octanol–water partition coefficient (Wildman–Crippen LogP) is 2.31. The van der Waals surface area contributed by atoms with Gasteiger partial charge in [-0.2, -0.15) is 5.10 Å². The van der Waals surface area contributed by atoms with Gasteiger partial charge in [-0.05, 0) is 36.8 Å². The molecule has 6 nitrogen and oxygen atoms in total. The fraction of sp³-hybridized carbons (Fsp3) is 0.421. The first kappa shape index (κ1) is 14.8. The zero-order valence-electron chi connectivity index (χ0n) is 14.3. The van der Waals surface area contributed by atoms with E-state index in [1.165, 1.54) is 24.0 Å². The zero-order chi connectivity index (χ0) is 17.0. The highest BCUT2D eigenvalue weighted by Crippen LogP contribution is 2.42. The molecule has 1 aromatic carbocycles. The third-order valence-electron chi connectivity index (χ3n) is 5.50. The minimum absolute atomic E-state index is 0.101. The largest absolute Gasteiger partial charge is 0.309 e. The predicted molar refractivity (Wildman–Crippen MR) is 95.2 cm³/mol. The van der Waals surface area contributed by atoms with Crippen LogP contribution in [0.25, 0.3) is 11.0 Å². The third-order valence-corrected chi connectivity index (χ3v) is 5.50. The van der Waals surface area contributed by atoms with Gasteiger partial charge >= 0.3 is 0 Å². The van der Waals surface area contributed by atoms with Crippen molar-refractivity contribution in [3.63, 3.8) is 0 Å². The van der Waals surface area contributed by atoms with Crippen molar-refractivity contribution in [1.29, 1.82) is 0 Å². The van der Waals surface area contributed by atoms with E-state index >= 15 is 0 Å². The lowest BCUT2D eigenvalue weighted by Gasteiger charge is -2.29. The zero-order valence-corrected chi connectivity index (χ0v) is 14.3. The average molecular weight is 335 g/mol. The third kappa shape index (κ3) is 2.48. The molecule has 25 heavy (non-hydrogen) atoms. The van der Waals surface area contributed by atoms with E-state index in [4.69, 9.17) is 0 Å². The summed E-state index contributed by atoms with van der Waals surface area (Å²) in [4.78, 5) is 22.5. The Hall–Kier alpha value is -2.47. The second-order valence-electron chi connectivity index (χ2n) is 7.17. The van der Waals surface area contributed by atoms with E-state index in [0.717, 1.165) is 18.7 Å². The summed E-state index contributed by atoms with van der Waals surface area (Å²) in [6, 6.07) is 9.77. The maximum atomic E-state index is 12.3. The van der Waals surface area contributed by atoms with Gasteiger partial charge in [0.25, 0.3) is 5.56 Å². The molecule has 0 amide bonds. The molecule has 2 aliphatic carbocycles. The first-order valence-electron chi connectivity index (χ1n) is 8.95. The quantitative estimate of drug-likeness (QED) is 0.794. The van der Waals surface area contributed by atoms with Gasteiger partial charge in [-0.25, -0.2) is 4.98 Å². The molecular weight excluding hydrogens is 314 g/mol. The van der Waals surface area contributed by atoms with Crippen LogP contribution in [0.15, 0.2) is 35.3 Å². The van der Waals surface area contributed by atoms with Crippen LogP contribution >= 0.6 is 0 Å². The van der Waals surface area contributed by atoms with Crippen LogP contribution in [0.3, 0.4) is 0 Å². The van der Waals surface area contributed by atoms with E-state index in [2.05, 4.69) is 44.2 Å². The number of aryl methyl sites for hydroxylation is 2. The maximum absolute atomic E-state index is 12.3. The molecule has 2 aromatic heterocycles. The van der Waals surface area contributed by atoms with Crippen LogP contribution in [0.2, 0.25) is 0 Å². The lowest BCUT2D eigenvalue weighted by molar-refractivity contribution is 0.172.